The summed E-state index contributed by atoms with van der Waals surface area (Å²) >= 11 is 0. The van der Waals surface area contributed by atoms with Gasteiger partial charge in [0.05, 0.1) is 19.7 Å². The number of pyridine rings is 2. The summed E-state index contributed by atoms with van der Waals surface area (Å²) in [4.78, 5) is 58.0. The first kappa shape index (κ1) is 89.5. The van der Waals surface area contributed by atoms with Gasteiger partial charge in [0.1, 0.15) is 0 Å². The van der Waals surface area contributed by atoms with Gasteiger partial charge in [-0.2, -0.15) is 0 Å². The van der Waals surface area contributed by atoms with Crippen LogP contribution in [0.4, 0.5) is 51.2 Å². The molecule has 1 unspecified atom stereocenters. The van der Waals surface area contributed by atoms with Gasteiger partial charge in [-0.3, -0.25) is 24.4 Å². The van der Waals surface area contributed by atoms with Crippen LogP contribution >= 0.6 is 0 Å². The van der Waals surface area contributed by atoms with Crippen LogP contribution < -0.4 is 14.7 Å². The Bertz CT molecular complexity index is 6830. The molecular weight excluding hydrogens is 1650 g/mol. The van der Waals surface area contributed by atoms with Crippen LogP contribution in [0.2, 0.25) is 0 Å². The topological polar surface area (TPSA) is 160 Å². The molecule has 0 aliphatic heterocycles. The van der Waals surface area contributed by atoms with Gasteiger partial charge in [0.25, 0.3) is 17.1 Å². The molecule has 14 heteroatoms. The largest absolute Gasteiger partial charge is 0.486 e. The molecule has 2 aromatic heterocycles. The molecule has 0 radical (unpaired) electrons. The second-order valence-electron chi connectivity index (χ2n) is 32.4. The summed E-state index contributed by atoms with van der Waals surface area (Å²) in [6.45, 7) is 21.3. The number of hydrogen-bond donors (Lipinski definition) is 3. The Labute approximate surface area is 781 Å². The number of fused-ring (bicyclic) bond motifs is 1. The van der Waals surface area contributed by atoms with E-state index < -0.39 is 17.9 Å². The average Bonchev–Trinajstić information content (AvgIpc) is 0.808. The highest BCUT2D eigenvalue weighted by Gasteiger charge is 2.25. The first-order valence-corrected chi connectivity index (χ1v) is 44.2. The van der Waals surface area contributed by atoms with E-state index in [9.17, 15) is 24.6 Å². The molecule has 0 saturated carbocycles. The molecule has 1 atom stereocenters. The number of nitrogens with zero attached hydrogens (tertiary/aromatic N) is 8. The maximum Gasteiger partial charge on any atom is 0.333 e. The number of benzene rings is 13. The molecule has 14 nitrogen and oxygen atoms in total. The van der Waals surface area contributed by atoms with Crippen LogP contribution in [0.15, 0.2) is 476 Å². The first-order valence-electron chi connectivity index (χ1n) is 44.2. The minimum atomic E-state index is -1.24. The van der Waals surface area contributed by atoms with E-state index >= 15 is 0 Å². The van der Waals surface area contributed by atoms with E-state index in [-0.39, 0.29) is 17.1 Å². The molecule has 13 aromatic carbocycles. The zero-order chi connectivity index (χ0) is 92.3. The summed E-state index contributed by atoms with van der Waals surface area (Å²) in [7, 11) is 0. The van der Waals surface area contributed by atoms with Crippen LogP contribution in [0.1, 0.15) is 61.6 Å². The van der Waals surface area contributed by atoms with E-state index in [0.717, 1.165) is 152 Å². The van der Waals surface area contributed by atoms with Crippen molar-refractivity contribution in [2.24, 2.45) is 5.92 Å². The van der Waals surface area contributed by atoms with Gasteiger partial charge in [0.15, 0.2) is 0 Å². The third-order valence-corrected chi connectivity index (χ3v) is 23.6. The zero-order valence-corrected chi connectivity index (χ0v) is 73.4. The highest BCUT2D eigenvalue weighted by atomic mass is 16.4. The summed E-state index contributed by atoms with van der Waals surface area (Å²) in [6.07, 6.45) is 32.0. The molecule has 2 heterocycles. The SMILES string of the molecule is [C-]#[N+]/C(=C\C1=CC(=C/c2ccc(N(c3ccc(-c4ccccc4)cc3)c3ccc(-c4ccccc4)cc3)cc2)/CCC1)C(=O)O.[C-]#[N+]/C(=C\C1=CC2=C/C(=C/c3ccc(N(c4ccc(-c5ccccc5)cc4)c4ccc(-c5ccccc5)cc4)cc3)CCC2CC1)C(=O)O.[C-]#[N+]/C(=C\C=C\c1ccc(N(c2ccc(-c3ccncc3)cc2)c2ccc(-c3ccncc3)cc2)cc1)C(=O)O. The lowest BCUT2D eigenvalue weighted by atomic mass is 9.77. The highest BCUT2D eigenvalue weighted by molar-refractivity contribution is 5.92. The maximum absolute atomic E-state index is 11.4. The summed E-state index contributed by atoms with van der Waals surface area (Å²) in [5, 5.41) is 27.6. The standard InChI is InChI=1S/C45H36N2O2.C41H32N2O2.C34H24N4O2/c1-46-44(45(48)49)31-34-13-17-39-16-12-33(29-40(39)30-34)28-32-14-22-41(23-15-32)47(42-24-18-37(19-25-42)35-8-4-2-5-9-35)43-26-20-38(21-27-43)36-10-6-3-7-11-36;1-42-40(41(44)45)29-32-10-8-9-31(28-32)27-30-15-21-37(22-16-30)43(38-23-17-35(18-24-38)33-11-4-2-5-12-33)39-25-19-36(20-26-39)34-13-6-3-7-14-34;1-35-33(34(39)40)4-2-3-25-5-11-30(12-6-25)38(31-13-7-26(8-14-31)28-17-21-36-22-18-28)32-15-9-27(10-16-32)29-19-23-37-24-20-29/h2-11,14-15,18-31,39H,12-13,16-17H2,(H,48,49);2-7,11-29H,8-10H2,(H,44,45);2-24H,(H,39,40)/b33-28+,44-31-;31-27+,40-29-;3-2+,33-4-. The van der Waals surface area contributed by atoms with Gasteiger partial charge >= 0.3 is 17.9 Å². The first-order chi connectivity index (χ1) is 65.7. The minimum absolute atomic E-state index is 0.231. The molecule has 18 rings (SSSR count). The van der Waals surface area contributed by atoms with Crippen LogP contribution in [-0.4, -0.2) is 43.2 Å². The monoisotopic (exact) mass is 1740 g/mol. The molecule has 3 aliphatic carbocycles. The lowest BCUT2D eigenvalue weighted by Crippen LogP contribution is -2.13. The van der Waals surface area contributed by atoms with Gasteiger partial charge in [0.2, 0.25) is 0 Å². The van der Waals surface area contributed by atoms with Crippen molar-refractivity contribution in [3.05, 3.63) is 527 Å². The van der Waals surface area contributed by atoms with Crippen molar-refractivity contribution in [1.82, 2.24) is 9.97 Å². The van der Waals surface area contributed by atoms with E-state index in [4.69, 9.17) is 24.8 Å². The van der Waals surface area contributed by atoms with Crippen molar-refractivity contribution >= 4 is 87.3 Å². The Kier molecular flexibility index (Phi) is 29.2. The fourth-order valence-corrected chi connectivity index (χ4v) is 16.8. The summed E-state index contributed by atoms with van der Waals surface area (Å²) < 4.78 is 0. The molecule has 0 spiro atoms. The Morgan fingerprint density at radius 1 is 0.291 bits per heavy atom. The van der Waals surface area contributed by atoms with E-state index in [2.05, 4.69) is 355 Å². The van der Waals surface area contributed by atoms with Gasteiger partial charge < -0.3 is 30.0 Å². The van der Waals surface area contributed by atoms with Crippen LogP contribution in [-0.2, 0) is 14.4 Å². The molecule has 134 heavy (non-hydrogen) atoms. The minimum Gasteiger partial charge on any atom is -0.486 e. The number of allylic oxidation sites excluding steroid dienone is 12. The fourth-order valence-electron chi connectivity index (χ4n) is 16.8. The summed E-state index contributed by atoms with van der Waals surface area (Å²) in [5.41, 5.74) is 30.9. The fraction of sp³-hybridized carbons (Fsp3) is 0.0667. The predicted molar refractivity (Wildman–Crippen MR) is 544 cm³/mol. The second kappa shape index (κ2) is 43.7. The van der Waals surface area contributed by atoms with Gasteiger partial charge in [-0.1, -0.05) is 284 Å². The maximum atomic E-state index is 11.4. The molecular formula is C120H92N8O6. The van der Waals surface area contributed by atoms with Crippen molar-refractivity contribution in [1.29, 1.82) is 0 Å². The Morgan fingerprint density at radius 2 is 0.560 bits per heavy atom. The van der Waals surface area contributed by atoms with Gasteiger partial charge in [-0.15, -0.1) is 0 Å². The Balaban J connectivity index is 0.000000147. The van der Waals surface area contributed by atoms with Crippen LogP contribution in [0.25, 0.3) is 99.5 Å². The smallest absolute Gasteiger partial charge is 0.333 e. The molecule has 15 aromatic rings. The molecule has 648 valence electrons. The number of rotatable bonds is 24. The van der Waals surface area contributed by atoms with Gasteiger partial charge in [0, 0.05) is 76.0 Å². The lowest BCUT2D eigenvalue weighted by molar-refractivity contribution is -0.133. The lowest BCUT2D eigenvalue weighted by Gasteiger charge is -2.28. The van der Waals surface area contributed by atoms with E-state index in [1.54, 1.807) is 36.9 Å². The third-order valence-electron chi connectivity index (χ3n) is 23.6. The third kappa shape index (κ3) is 23.0. The van der Waals surface area contributed by atoms with Crippen molar-refractivity contribution in [2.75, 3.05) is 14.7 Å². The number of aliphatic carboxylic acids is 3. The molecule has 3 N–H and O–H groups in total. The van der Waals surface area contributed by atoms with Crippen LogP contribution in [0, 0.1) is 25.6 Å². The predicted octanol–water partition coefficient (Wildman–Crippen LogP) is 30.9. The number of carboxylic acid groups (broad SMARTS) is 3. The normalized spacial score (nSPS) is 14.1. The second-order valence-corrected chi connectivity index (χ2v) is 32.4. The van der Waals surface area contributed by atoms with E-state index in [1.807, 2.05) is 78.9 Å². The Hall–Kier alpha value is -17.9. The summed E-state index contributed by atoms with van der Waals surface area (Å²) in [6, 6.07) is 126. The van der Waals surface area contributed by atoms with Crippen LogP contribution in [0.3, 0.4) is 0 Å². The van der Waals surface area contributed by atoms with Crippen molar-refractivity contribution < 1.29 is 29.7 Å². The number of carboxylic acids is 3. The molecule has 0 bridgehead atoms. The van der Waals surface area contributed by atoms with Gasteiger partial charge in [-0.25, -0.2) is 14.5 Å². The molecule has 0 fully saturated rings. The number of carbonyl (C=O) groups is 3. The van der Waals surface area contributed by atoms with E-state index in [1.165, 1.54) is 73.9 Å². The van der Waals surface area contributed by atoms with E-state index in [0.29, 0.717) is 5.92 Å². The van der Waals surface area contributed by atoms with Crippen molar-refractivity contribution in [3.8, 4) is 66.8 Å². The average molecular weight is 1740 g/mol. The van der Waals surface area contributed by atoms with Crippen molar-refractivity contribution in [2.45, 2.75) is 44.9 Å². The number of aromatic nitrogens is 2. The highest BCUT2D eigenvalue weighted by Crippen LogP contribution is 2.44. The molecule has 3 aliphatic rings. The van der Waals surface area contributed by atoms with Gasteiger partial charge in [-0.05, 0) is 303 Å². The molecule has 0 amide bonds. The number of hydrogen-bond acceptors (Lipinski definition) is 8. The zero-order valence-electron chi connectivity index (χ0n) is 73.4. The summed E-state index contributed by atoms with van der Waals surface area (Å²) in [5.74, 6) is -3.12. The Morgan fingerprint density at radius 3 is 0.866 bits per heavy atom. The number of anilines is 9. The quantitative estimate of drug-likeness (QED) is 0.0300. The van der Waals surface area contributed by atoms with Crippen LogP contribution in [0.5, 0.6) is 0 Å². The molecule has 0 saturated heterocycles. The van der Waals surface area contributed by atoms with Crippen molar-refractivity contribution in [3.63, 3.8) is 0 Å².